The lowest BCUT2D eigenvalue weighted by Gasteiger charge is -2.34. The van der Waals surface area contributed by atoms with E-state index in [0.717, 1.165) is 6.42 Å². The molecule has 2 saturated carbocycles. The van der Waals surface area contributed by atoms with E-state index >= 15 is 0 Å². The summed E-state index contributed by atoms with van der Waals surface area (Å²) >= 11 is 0. The van der Waals surface area contributed by atoms with Crippen molar-refractivity contribution in [3.8, 4) is 5.75 Å². The Morgan fingerprint density at radius 3 is 2.32 bits per heavy atom. The highest BCUT2D eigenvalue weighted by molar-refractivity contribution is 5.90. The lowest BCUT2D eigenvalue weighted by molar-refractivity contribution is -0.187. The second kappa shape index (κ2) is 7.33. The average molecular weight is 396 g/mol. The first-order valence-electron chi connectivity index (χ1n) is 9.64. The van der Waals surface area contributed by atoms with Crippen LogP contribution < -0.4 is 4.74 Å². The molecule has 0 spiro atoms. The molecule has 2 aliphatic carbocycles. The molecular weight excluding hydrogens is 370 g/mol. The van der Waals surface area contributed by atoms with Crippen LogP contribution in [0.1, 0.15) is 56.8 Å². The van der Waals surface area contributed by atoms with Crippen molar-refractivity contribution in [3.63, 3.8) is 0 Å². The molecule has 4 unspecified atom stereocenters. The maximum atomic E-state index is 13.8. The molecule has 0 heterocycles. The topological polar surface area (TPSA) is 72.8 Å². The monoisotopic (exact) mass is 396 g/mol. The number of carboxylic acids is 1. The summed E-state index contributed by atoms with van der Waals surface area (Å²) in [5.41, 5.74) is -0.144. The first-order valence-corrected chi connectivity index (χ1v) is 9.64. The van der Waals surface area contributed by atoms with Crippen LogP contribution in [0.3, 0.4) is 0 Å². The summed E-state index contributed by atoms with van der Waals surface area (Å²) in [6.45, 7) is 4.86. The fourth-order valence-corrected chi connectivity index (χ4v) is 4.54. The number of hydrogen-bond acceptors (Lipinski definition) is 4. The van der Waals surface area contributed by atoms with Crippen LogP contribution in [-0.2, 0) is 9.53 Å². The maximum absolute atomic E-state index is 13.8. The minimum Gasteiger partial charge on any atom is -0.487 e. The van der Waals surface area contributed by atoms with Gasteiger partial charge in [-0.3, -0.25) is 0 Å². The summed E-state index contributed by atoms with van der Waals surface area (Å²) in [7, 11) is 0. The Morgan fingerprint density at radius 2 is 1.86 bits per heavy atom. The molecule has 0 amide bonds. The van der Waals surface area contributed by atoms with E-state index in [9.17, 15) is 18.4 Å². The number of halogens is 2. The number of rotatable bonds is 7. The van der Waals surface area contributed by atoms with Gasteiger partial charge in [-0.1, -0.05) is 13.8 Å². The smallest absolute Gasteiger partial charge is 0.378 e. The lowest BCUT2D eigenvalue weighted by atomic mass is 9.85. The predicted molar refractivity (Wildman–Crippen MR) is 97.5 cm³/mol. The van der Waals surface area contributed by atoms with Crippen LogP contribution in [0, 0.1) is 17.8 Å². The molecule has 4 atom stereocenters. The van der Waals surface area contributed by atoms with E-state index in [-0.39, 0.29) is 11.2 Å². The molecule has 0 aliphatic heterocycles. The van der Waals surface area contributed by atoms with Gasteiger partial charge in [0.15, 0.2) is 6.10 Å². The molecule has 0 radical (unpaired) electrons. The summed E-state index contributed by atoms with van der Waals surface area (Å²) in [4.78, 5) is 23.1. The Morgan fingerprint density at radius 1 is 1.21 bits per heavy atom. The predicted octanol–water partition coefficient (Wildman–Crippen LogP) is 4.55. The van der Waals surface area contributed by atoms with Gasteiger partial charge >= 0.3 is 17.9 Å². The van der Waals surface area contributed by atoms with Gasteiger partial charge in [-0.15, -0.1) is 0 Å². The second-order valence-electron chi connectivity index (χ2n) is 8.52. The van der Waals surface area contributed by atoms with Crippen LogP contribution >= 0.6 is 0 Å². The van der Waals surface area contributed by atoms with Crippen molar-refractivity contribution in [1.29, 1.82) is 0 Å². The second-order valence-corrected chi connectivity index (χ2v) is 8.52. The Balaban J connectivity index is 1.67. The van der Waals surface area contributed by atoms with E-state index < -0.39 is 29.9 Å². The number of alkyl halides is 2. The van der Waals surface area contributed by atoms with Crippen molar-refractivity contribution in [3.05, 3.63) is 29.8 Å². The van der Waals surface area contributed by atoms with Crippen LogP contribution in [0.5, 0.6) is 5.75 Å². The fourth-order valence-electron chi connectivity index (χ4n) is 4.54. The minimum atomic E-state index is -4.16. The Bertz CT molecular complexity index is 746. The molecule has 2 fully saturated rings. The molecule has 28 heavy (non-hydrogen) atoms. The number of carboxylic acid groups (broad SMARTS) is 1. The third kappa shape index (κ3) is 3.84. The van der Waals surface area contributed by atoms with Gasteiger partial charge in [-0.2, -0.15) is 8.78 Å². The van der Waals surface area contributed by atoms with Crippen molar-refractivity contribution in [1.82, 2.24) is 0 Å². The van der Waals surface area contributed by atoms with E-state index in [2.05, 4.69) is 6.92 Å². The van der Waals surface area contributed by atoms with E-state index in [1.54, 1.807) is 12.1 Å². The number of aliphatic carboxylic acids is 1. The number of carbonyl (C=O) groups excluding carboxylic acids is 1. The molecule has 1 aromatic rings. The van der Waals surface area contributed by atoms with E-state index in [0.29, 0.717) is 17.6 Å². The Kier molecular flexibility index (Phi) is 5.38. The van der Waals surface area contributed by atoms with Gasteiger partial charge in [-0.25, -0.2) is 9.59 Å². The number of ether oxygens (including phenoxy) is 2. The summed E-state index contributed by atoms with van der Waals surface area (Å²) in [6, 6.07) is 6.14. The largest absolute Gasteiger partial charge is 0.487 e. The van der Waals surface area contributed by atoms with E-state index in [1.807, 2.05) is 0 Å². The zero-order valence-corrected chi connectivity index (χ0v) is 16.3. The van der Waals surface area contributed by atoms with Gasteiger partial charge in [-0.05, 0) is 74.6 Å². The molecule has 1 N–H and O–H groups in total. The summed E-state index contributed by atoms with van der Waals surface area (Å²) in [6.07, 6.45) is 2.57. The number of carbonyl (C=O) groups is 2. The van der Waals surface area contributed by atoms with Gasteiger partial charge in [0.2, 0.25) is 0 Å². The van der Waals surface area contributed by atoms with Crippen molar-refractivity contribution < 1.29 is 33.0 Å². The molecule has 3 rings (SSSR count). The van der Waals surface area contributed by atoms with Crippen LogP contribution in [0.25, 0.3) is 0 Å². The van der Waals surface area contributed by atoms with Gasteiger partial charge < -0.3 is 14.6 Å². The Hall–Kier alpha value is -2.18. The highest BCUT2D eigenvalue weighted by atomic mass is 19.3. The molecular formula is C21H26F2O5. The van der Waals surface area contributed by atoms with Crippen LogP contribution in [0.2, 0.25) is 0 Å². The van der Waals surface area contributed by atoms with Crippen molar-refractivity contribution in [2.45, 2.75) is 64.1 Å². The van der Waals surface area contributed by atoms with Gasteiger partial charge in [0.05, 0.1) is 5.56 Å². The molecule has 2 aliphatic rings. The van der Waals surface area contributed by atoms with Crippen LogP contribution in [0.4, 0.5) is 8.78 Å². The molecule has 0 aromatic heterocycles. The third-order valence-corrected chi connectivity index (χ3v) is 6.02. The molecule has 154 valence electrons. The summed E-state index contributed by atoms with van der Waals surface area (Å²) < 4.78 is 38.7. The maximum Gasteiger partial charge on any atom is 0.378 e. The first-order chi connectivity index (χ1) is 13.0. The average Bonchev–Trinajstić information content (AvgIpc) is 3.19. The minimum absolute atomic E-state index is 0.0669. The number of hydrogen-bond donors (Lipinski definition) is 1. The van der Waals surface area contributed by atoms with Gasteiger partial charge in [0.1, 0.15) is 11.4 Å². The quantitative estimate of drug-likeness (QED) is 0.685. The van der Waals surface area contributed by atoms with Crippen molar-refractivity contribution in [2.75, 3.05) is 0 Å². The SMILES string of the molecule is CC(C)C(OC(=O)c1ccc(OC2(C)CC3CCC2C3)cc1)C(F)(F)C(=O)O. The molecule has 5 nitrogen and oxygen atoms in total. The molecule has 0 saturated heterocycles. The van der Waals surface area contributed by atoms with E-state index in [4.69, 9.17) is 14.6 Å². The van der Waals surface area contributed by atoms with Crippen molar-refractivity contribution in [2.24, 2.45) is 17.8 Å². The molecule has 2 bridgehead atoms. The highest BCUT2D eigenvalue weighted by Crippen LogP contribution is 2.52. The number of fused-ring (bicyclic) bond motifs is 2. The highest BCUT2D eigenvalue weighted by Gasteiger charge is 2.52. The number of esters is 1. The standard InChI is InChI=1S/C21H26F2O5/c1-12(2)17(21(22,23)19(25)26)27-18(24)14-5-8-16(9-6-14)28-20(3)11-13-4-7-15(20)10-13/h5-6,8-9,12-13,15,17H,4,7,10-11H2,1-3H3,(H,25,26). The summed E-state index contributed by atoms with van der Waals surface area (Å²) in [5.74, 6) is -6.47. The molecule has 7 heteroatoms. The third-order valence-electron chi connectivity index (χ3n) is 6.02. The van der Waals surface area contributed by atoms with Crippen LogP contribution in [-0.4, -0.2) is 34.7 Å². The van der Waals surface area contributed by atoms with E-state index in [1.165, 1.54) is 45.2 Å². The van der Waals surface area contributed by atoms with Crippen LogP contribution in [0.15, 0.2) is 24.3 Å². The van der Waals surface area contributed by atoms with Gasteiger partial charge in [0.25, 0.3) is 0 Å². The van der Waals surface area contributed by atoms with Gasteiger partial charge in [0, 0.05) is 0 Å². The number of benzene rings is 1. The van der Waals surface area contributed by atoms with Crippen molar-refractivity contribution >= 4 is 11.9 Å². The fraction of sp³-hybridized carbons (Fsp3) is 0.619. The zero-order valence-electron chi connectivity index (χ0n) is 16.3. The normalized spacial score (nSPS) is 27.6. The Labute approximate surface area is 163 Å². The molecule has 1 aromatic carbocycles. The summed E-state index contributed by atoms with van der Waals surface area (Å²) in [5, 5.41) is 8.73. The first kappa shape index (κ1) is 20.6. The zero-order chi connectivity index (χ0) is 20.7. The lowest BCUT2D eigenvalue weighted by Crippen LogP contribution is -2.47.